The largest absolute Gasteiger partial charge is 0.508 e. The Labute approximate surface area is 112 Å². The molecule has 98 valence electrons. The number of aromatic hydroxyl groups is 2. The number of nitrogens with zero attached hydrogens (tertiary/aromatic N) is 1. The minimum atomic E-state index is 0.256. The van der Waals surface area contributed by atoms with Gasteiger partial charge in [0, 0.05) is 24.3 Å². The summed E-state index contributed by atoms with van der Waals surface area (Å²) < 4.78 is 0. The van der Waals surface area contributed by atoms with E-state index in [4.69, 9.17) is 0 Å². The van der Waals surface area contributed by atoms with Crippen molar-refractivity contribution in [2.75, 3.05) is 18.0 Å². The molecule has 2 N–H and O–H groups in total. The van der Waals surface area contributed by atoms with Gasteiger partial charge in [0.1, 0.15) is 11.5 Å². The van der Waals surface area contributed by atoms with Gasteiger partial charge in [-0.05, 0) is 48.7 Å². The van der Waals surface area contributed by atoms with Crippen LogP contribution in [0.25, 0.3) is 11.1 Å². The van der Waals surface area contributed by atoms with Gasteiger partial charge in [0.05, 0.1) is 0 Å². The first kappa shape index (κ1) is 11.9. The second kappa shape index (κ2) is 4.84. The first-order valence-electron chi connectivity index (χ1n) is 6.61. The summed E-state index contributed by atoms with van der Waals surface area (Å²) in [6.07, 6.45) is 2.44. The first-order chi connectivity index (χ1) is 9.24. The summed E-state index contributed by atoms with van der Waals surface area (Å²) in [7, 11) is 0. The Morgan fingerprint density at radius 2 is 1.42 bits per heavy atom. The van der Waals surface area contributed by atoms with Gasteiger partial charge < -0.3 is 15.1 Å². The van der Waals surface area contributed by atoms with Crippen LogP contribution in [0.5, 0.6) is 11.5 Å². The molecule has 2 aromatic rings. The maximum absolute atomic E-state index is 9.73. The SMILES string of the molecule is Oc1ccc(-c2cc(O)ccc2N2CCCC2)cc1. The minimum Gasteiger partial charge on any atom is -0.508 e. The molecule has 2 aromatic carbocycles. The fraction of sp³-hybridized carbons (Fsp3) is 0.250. The highest BCUT2D eigenvalue weighted by atomic mass is 16.3. The van der Waals surface area contributed by atoms with Gasteiger partial charge in [0.2, 0.25) is 0 Å². The second-order valence-electron chi connectivity index (χ2n) is 4.94. The fourth-order valence-electron chi connectivity index (χ4n) is 2.63. The Bertz CT molecular complexity index is 572. The summed E-state index contributed by atoms with van der Waals surface area (Å²) >= 11 is 0. The molecule has 0 radical (unpaired) electrons. The van der Waals surface area contributed by atoms with Crippen molar-refractivity contribution in [2.45, 2.75) is 12.8 Å². The van der Waals surface area contributed by atoms with E-state index in [1.165, 1.54) is 12.8 Å². The smallest absolute Gasteiger partial charge is 0.116 e. The zero-order chi connectivity index (χ0) is 13.2. The van der Waals surface area contributed by atoms with Gasteiger partial charge in [-0.25, -0.2) is 0 Å². The van der Waals surface area contributed by atoms with Crippen LogP contribution in [0.3, 0.4) is 0 Å². The van der Waals surface area contributed by atoms with Crippen LogP contribution in [-0.4, -0.2) is 23.3 Å². The third-order valence-corrected chi connectivity index (χ3v) is 3.61. The Kier molecular flexibility index (Phi) is 3.03. The summed E-state index contributed by atoms with van der Waals surface area (Å²) in [5, 5.41) is 19.1. The van der Waals surface area contributed by atoms with Crippen LogP contribution in [0.4, 0.5) is 5.69 Å². The number of phenols is 2. The first-order valence-corrected chi connectivity index (χ1v) is 6.61. The molecule has 1 aliphatic rings. The lowest BCUT2D eigenvalue weighted by molar-refractivity contribution is 0.475. The molecule has 19 heavy (non-hydrogen) atoms. The van der Waals surface area contributed by atoms with Gasteiger partial charge in [-0.2, -0.15) is 0 Å². The fourth-order valence-corrected chi connectivity index (χ4v) is 2.63. The predicted octanol–water partition coefficient (Wildman–Crippen LogP) is 3.37. The molecule has 0 bridgehead atoms. The highest BCUT2D eigenvalue weighted by molar-refractivity contribution is 5.80. The number of anilines is 1. The highest BCUT2D eigenvalue weighted by Gasteiger charge is 2.16. The molecule has 0 saturated carbocycles. The average molecular weight is 255 g/mol. The molecule has 0 aromatic heterocycles. The van der Waals surface area contributed by atoms with E-state index < -0.39 is 0 Å². The van der Waals surface area contributed by atoms with E-state index >= 15 is 0 Å². The van der Waals surface area contributed by atoms with Crippen LogP contribution in [0.2, 0.25) is 0 Å². The lowest BCUT2D eigenvalue weighted by atomic mass is 10.0. The van der Waals surface area contributed by atoms with E-state index in [-0.39, 0.29) is 11.5 Å². The van der Waals surface area contributed by atoms with Gasteiger partial charge in [-0.3, -0.25) is 0 Å². The lowest BCUT2D eigenvalue weighted by Gasteiger charge is -2.21. The maximum atomic E-state index is 9.73. The maximum Gasteiger partial charge on any atom is 0.116 e. The average Bonchev–Trinajstić information content (AvgIpc) is 2.93. The normalized spacial score (nSPS) is 14.8. The van der Waals surface area contributed by atoms with E-state index in [2.05, 4.69) is 4.90 Å². The summed E-state index contributed by atoms with van der Waals surface area (Å²) in [6.45, 7) is 2.13. The molecule has 1 aliphatic heterocycles. The van der Waals surface area contributed by atoms with Crippen molar-refractivity contribution in [3.05, 3.63) is 42.5 Å². The monoisotopic (exact) mass is 255 g/mol. The van der Waals surface area contributed by atoms with E-state index in [1.54, 1.807) is 24.3 Å². The Morgan fingerprint density at radius 1 is 0.789 bits per heavy atom. The van der Waals surface area contributed by atoms with E-state index in [0.717, 1.165) is 29.9 Å². The van der Waals surface area contributed by atoms with Crippen molar-refractivity contribution in [2.24, 2.45) is 0 Å². The molecule has 3 rings (SSSR count). The van der Waals surface area contributed by atoms with Crippen molar-refractivity contribution >= 4 is 5.69 Å². The number of rotatable bonds is 2. The summed E-state index contributed by atoms with van der Waals surface area (Å²) in [5.74, 6) is 0.526. The summed E-state index contributed by atoms with van der Waals surface area (Å²) in [6, 6.07) is 12.6. The van der Waals surface area contributed by atoms with Gasteiger partial charge in [-0.15, -0.1) is 0 Å². The zero-order valence-electron chi connectivity index (χ0n) is 10.7. The highest BCUT2D eigenvalue weighted by Crippen LogP contribution is 2.35. The molecule has 0 amide bonds. The third-order valence-electron chi connectivity index (χ3n) is 3.61. The molecular formula is C16H17NO2. The van der Waals surface area contributed by atoms with E-state index in [0.29, 0.717) is 0 Å². The molecule has 1 fully saturated rings. The molecule has 0 atom stereocenters. The van der Waals surface area contributed by atoms with Gasteiger partial charge in [0.25, 0.3) is 0 Å². The quantitative estimate of drug-likeness (QED) is 0.864. The van der Waals surface area contributed by atoms with E-state index in [1.807, 2.05) is 18.2 Å². The van der Waals surface area contributed by atoms with Crippen LogP contribution in [-0.2, 0) is 0 Å². The Balaban J connectivity index is 2.07. The molecular weight excluding hydrogens is 238 g/mol. The topological polar surface area (TPSA) is 43.7 Å². The standard InChI is InChI=1S/C16H17NO2/c18-13-5-3-12(4-6-13)15-11-14(19)7-8-16(15)17-9-1-2-10-17/h3-8,11,18-19H,1-2,9-10H2. The van der Waals surface area contributed by atoms with Crippen LogP contribution in [0.1, 0.15) is 12.8 Å². The number of hydrogen-bond donors (Lipinski definition) is 2. The van der Waals surface area contributed by atoms with Crippen LogP contribution < -0.4 is 4.90 Å². The predicted molar refractivity (Wildman–Crippen MR) is 76.7 cm³/mol. The summed E-state index contributed by atoms with van der Waals surface area (Å²) in [5.41, 5.74) is 3.18. The van der Waals surface area contributed by atoms with Crippen molar-refractivity contribution in [3.8, 4) is 22.6 Å². The van der Waals surface area contributed by atoms with Crippen molar-refractivity contribution in [3.63, 3.8) is 0 Å². The van der Waals surface area contributed by atoms with Crippen LogP contribution in [0, 0.1) is 0 Å². The summed E-state index contributed by atoms with van der Waals surface area (Å²) in [4.78, 5) is 2.35. The Hall–Kier alpha value is -2.16. The van der Waals surface area contributed by atoms with Gasteiger partial charge in [-0.1, -0.05) is 12.1 Å². The van der Waals surface area contributed by atoms with Gasteiger partial charge in [0.15, 0.2) is 0 Å². The van der Waals surface area contributed by atoms with Crippen molar-refractivity contribution in [1.29, 1.82) is 0 Å². The molecule has 1 heterocycles. The van der Waals surface area contributed by atoms with Crippen molar-refractivity contribution < 1.29 is 10.2 Å². The molecule has 3 heteroatoms. The number of hydrogen-bond acceptors (Lipinski definition) is 3. The minimum absolute atomic E-state index is 0.256. The molecule has 0 spiro atoms. The number of benzene rings is 2. The second-order valence-corrected chi connectivity index (χ2v) is 4.94. The molecule has 0 unspecified atom stereocenters. The number of phenolic OH excluding ortho intramolecular Hbond substituents is 2. The van der Waals surface area contributed by atoms with Crippen LogP contribution in [0.15, 0.2) is 42.5 Å². The molecule has 1 saturated heterocycles. The molecule has 0 aliphatic carbocycles. The van der Waals surface area contributed by atoms with Gasteiger partial charge >= 0.3 is 0 Å². The third kappa shape index (κ3) is 2.36. The van der Waals surface area contributed by atoms with Crippen molar-refractivity contribution in [1.82, 2.24) is 0 Å². The lowest BCUT2D eigenvalue weighted by Crippen LogP contribution is -2.18. The van der Waals surface area contributed by atoms with Crippen LogP contribution >= 0.6 is 0 Å². The zero-order valence-corrected chi connectivity index (χ0v) is 10.7. The molecule has 3 nitrogen and oxygen atoms in total. The van der Waals surface area contributed by atoms with E-state index in [9.17, 15) is 10.2 Å². The Morgan fingerprint density at radius 3 is 2.11 bits per heavy atom.